The highest BCUT2D eigenvalue weighted by molar-refractivity contribution is 6.11. The number of nitrogens with zero attached hydrogens (tertiary/aromatic N) is 2. The van der Waals surface area contributed by atoms with E-state index in [-0.39, 0.29) is 27.4 Å². The molecule has 0 saturated heterocycles. The SMILES string of the molecule is CC(C)(C)c1cc(-c2cc(-c3ccccc3O)nc3c2ccc2ccc(C4(c5ccccn5)c5cc(C(C)(C)C)ccc5-c5ccc(C(C)(C)C)cc54)cc23)cc(C(C)(C)C)c1. The van der Waals surface area contributed by atoms with Crippen LogP contribution in [0.4, 0.5) is 0 Å². The van der Waals surface area contributed by atoms with Crippen molar-refractivity contribution in [2.75, 3.05) is 0 Å². The summed E-state index contributed by atoms with van der Waals surface area (Å²) in [5.41, 5.74) is 15.9. The fourth-order valence-electron chi connectivity index (χ4n) is 9.53. The number of aromatic nitrogens is 2. The van der Waals surface area contributed by atoms with Crippen molar-refractivity contribution in [3.05, 3.63) is 184 Å². The Labute approximate surface area is 369 Å². The first-order chi connectivity index (χ1) is 29.2. The van der Waals surface area contributed by atoms with Gasteiger partial charge in [0.1, 0.15) is 5.75 Å². The zero-order chi connectivity index (χ0) is 44.1. The van der Waals surface area contributed by atoms with Crippen molar-refractivity contribution < 1.29 is 5.11 Å². The van der Waals surface area contributed by atoms with E-state index in [1.165, 1.54) is 44.5 Å². The van der Waals surface area contributed by atoms with Gasteiger partial charge in [-0.05, 0) is 125 Å². The van der Waals surface area contributed by atoms with E-state index >= 15 is 0 Å². The van der Waals surface area contributed by atoms with Crippen LogP contribution in [-0.4, -0.2) is 15.1 Å². The second-order valence-electron chi connectivity index (χ2n) is 21.8. The molecule has 0 fully saturated rings. The predicted molar refractivity (Wildman–Crippen MR) is 262 cm³/mol. The first-order valence-electron chi connectivity index (χ1n) is 22.2. The number of phenols is 1. The predicted octanol–water partition coefficient (Wildman–Crippen LogP) is 15.4. The topological polar surface area (TPSA) is 46.0 Å². The molecule has 3 nitrogen and oxygen atoms in total. The van der Waals surface area contributed by atoms with Gasteiger partial charge < -0.3 is 5.11 Å². The Hall–Kier alpha value is -6.06. The van der Waals surface area contributed by atoms with Crippen LogP contribution in [0.1, 0.15) is 128 Å². The Balaban J connectivity index is 1.43. The molecule has 0 atom stereocenters. The van der Waals surface area contributed by atoms with Crippen molar-refractivity contribution in [2.24, 2.45) is 0 Å². The molecule has 0 amide bonds. The summed E-state index contributed by atoms with van der Waals surface area (Å²) in [5.74, 6) is 0.211. The molecule has 8 aromatic rings. The average molecular weight is 813 g/mol. The van der Waals surface area contributed by atoms with Gasteiger partial charge in [-0.1, -0.05) is 180 Å². The van der Waals surface area contributed by atoms with E-state index in [2.05, 4.69) is 186 Å². The standard InChI is InChI=1S/C59H60N2O/c1-55(2,3)38-23-26-43-44-27-24-39(56(4,5)6)34-50(44)59(49(43)33-38,53-19-15-16-28-60-53)40-22-20-36-21-25-45-47(37-29-41(57(7,8)9)31-42(30-37)58(10,11)12)35-51(61-54(45)48(36)32-40)46-17-13-14-18-52(46)62/h13-35,62H,1-12H3. The van der Waals surface area contributed by atoms with E-state index in [0.29, 0.717) is 5.56 Å². The molecule has 2 heterocycles. The van der Waals surface area contributed by atoms with Crippen LogP contribution in [0.3, 0.4) is 0 Å². The number of phenolic OH excluding ortho intramolecular Hbond substituents is 1. The van der Waals surface area contributed by atoms with E-state index in [0.717, 1.165) is 49.8 Å². The average Bonchev–Trinajstić information content (AvgIpc) is 3.52. The summed E-state index contributed by atoms with van der Waals surface area (Å²) in [6, 6.07) is 48.9. The van der Waals surface area contributed by atoms with Crippen LogP contribution in [0, 0.1) is 0 Å². The number of benzene rings is 6. The van der Waals surface area contributed by atoms with E-state index in [1.54, 1.807) is 6.07 Å². The molecular formula is C59H60N2O. The molecule has 3 heteroatoms. The van der Waals surface area contributed by atoms with Crippen molar-refractivity contribution in [2.45, 2.75) is 110 Å². The second-order valence-corrected chi connectivity index (χ2v) is 21.8. The third-order valence-electron chi connectivity index (χ3n) is 13.3. The molecule has 0 unspecified atom stereocenters. The van der Waals surface area contributed by atoms with Crippen LogP contribution in [0.15, 0.2) is 140 Å². The summed E-state index contributed by atoms with van der Waals surface area (Å²) in [7, 11) is 0. The summed E-state index contributed by atoms with van der Waals surface area (Å²) < 4.78 is 0. The Morgan fingerprint density at radius 1 is 0.452 bits per heavy atom. The molecule has 0 radical (unpaired) electrons. The van der Waals surface area contributed by atoms with Gasteiger partial charge in [0.05, 0.1) is 22.3 Å². The Kier molecular flexibility index (Phi) is 9.49. The first-order valence-corrected chi connectivity index (χ1v) is 22.2. The lowest BCUT2D eigenvalue weighted by atomic mass is 9.68. The van der Waals surface area contributed by atoms with E-state index in [4.69, 9.17) is 9.97 Å². The molecule has 6 aromatic carbocycles. The highest BCUT2D eigenvalue weighted by atomic mass is 16.3. The number of hydrogen-bond acceptors (Lipinski definition) is 3. The van der Waals surface area contributed by atoms with Crippen LogP contribution in [0.2, 0.25) is 0 Å². The molecule has 0 saturated carbocycles. The van der Waals surface area contributed by atoms with E-state index in [9.17, 15) is 5.11 Å². The summed E-state index contributed by atoms with van der Waals surface area (Å²) in [5, 5.41) is 14.6. The van der Waals surface area contributed by atoms with Crippen molar-refractivity contribution >= 4 is 21.7 Å². The van der Waals surface area contributed by atoms with Crippen molar-refractivity contribution in [1.82, 2.24) is 9.97 Å². The summed E-state index contributed by atoms with van der Waals surface area (Å²) in [6.45, 7) is 27.5. The molecule has 1 aliphatic rings. The fourth-order valence-corrected chi connectivity index (χ4v) is 9.53. The van der Waals surface area contributed by atoms with Gasteiger partial charge in [-0.2, -0.15) is 0 Å². The largest absolute Gasteiger partial charge is 0.507 e. The van der Waals surface area contributed by atoms with Gasteiger partial charge in [-0.3, -0.25) is 4.98 Å². The summed E-state index contributed by atoms with van der Waals surface area (Å²) in [6.07, 6.45) is 1.94. The van der Waals surface area contributed by atoms with Gasteiger partial charge in [0, 0.05) is 22.5 Å². The Morgan fingerprint density at radius 2 is 1.02 bits per heavy atom. The smallest absolute Gasteiger partial charge is 0.124 e. The van der Waals surface area contributed by atoms with Gasteiger partial charge in [-0.15, -0.1) is 0 Å². The van der Waals surface area contributed by atoms with Gasteiger partial charge in [0.2, 0.25) is 0 Å². The molecule has 0 aliphatic heterocycles. The van der Waals surface area contributed by atoms with Gasteiger partial charge in [-0.25, -0.2) is 4.98 Å². The van der Waals surface area contributed by atoms with Crippen LogP contribution >= 0.6 is 0 Å². The highest BCUT2D eigenvalue weighted by Crippen LogP contribution is 2.57. The minimum absolute atomic E-state index is 0.0612. The zero-order valence-corrected chi connectivity index (χ0v) is 38.6. The lowest BCUT2D eigenvalue weighted by Gasteiger charge is -2.34. The van der Waals surface area contributed by atoms with Crippen LogP contribution < -0.4 is 0 Å². The molecule has 2 aromatic heterocycles. The van der Waals surface area contributed by atoms with Crippen molar-refractivity contribution in [3.63, 3.8) is 0 Å². The summed E-state index contributed by atoms with van der Waals surface area (Å²) >= 11 is 0. The number of fused-ring (bicyclic) bond motifs is 6. The number of para-hydroxylation sites is 1. The molecule has 9 rings (SSSR count). The summed E-state index contributed by atoms with van der Waals surface area (Å²) in [4.78, 5) is 10.8. The van der Waals surface area contributed by atoms with Crippen molar-refractivity contribution in [3.8, 4) is 39.3 Å². The Bertz CT molecular complexity index is 2960. The first kappa shape index (κ1) is 41.3. The fraction of sp³-hybridized carbons (Fsp3) is 0.288. The van der Waals surface area contributed by atoms with Gasteiger partial charge in [0.15, 0.2) is 0 Å². The maximum atomic E-state index is 11.4. The van der Waals surface area contributed by atoms with E-state index < -0.39 is 5.41 Å². The van der Waals surface area contributed by atoms with Gasteiger partial charge in [0.25, 0.3) is 0 Å². The maximum Gasteiger partial charge on any atom is 0.124 e. The number of hydrogen-bond donors (Lipinski definition) is 1. The maximum absolute atomic E-state index is 11.4. The number of rotatable bonds is 4. The molecule has 0 bridgehead atoms. The monoisotopic (exact) mass is 812 g/mol. The van der Waals surface area contributed by atoms with Crippen LogP contribution in [0.5, 0.6) is 5.75 Å². The highest BCUT2D eigenvalue weighted by Gasteiger charge is 2.48. The minimum Gasteiger partial charge on any atom is -0.507 e. The quantitative estimate of drug-likeness (QED) is 0.180. The third-order valence-corrected chi connectivity index (χ3v) is 13.3. The molecule has 1 aliphatic carbocycles. The van der Waals surface area contributed by atoms with Crippen LogP contribution in [0.25, 0.3) is 55.2 Å². The lowest BCUT2D eigenvalue weighted by Crippen LogP contribution is -2.30. The molecule has 0 spiro atoms. The third kappa shape index (κ3) is 6.81. The molecule has 62 heavy (non-hydrogen) atoms. The lowest BCUT2D eigenvalue weighted by molar-refractivity contribution is 0.477. The molecular weight excluding hydrogens is 753 g/mol. The second kappa shape index (κ2) is 14.2. The number of pyridine rings is 2. The van der Waals surface area contributed by atoms with Crippen molar-refractivity contribution in [1.29, 1.82) is 0 Å². The Morgan fingerprint density at radius 3 is 1.56 bits per heavy atom. The molecule has 1 N–H and O–H groups in total. The minimum atomic E-state index is -0.717. The van der Waals surface area contributed by atoms with Gasteiger partial charge >= 0.3 is 0 Å². The van der Waals surface area contributed by atoms with E-state index in [1.807, 2.05) is 30.5 Å². The van der Waals surface area contributed by atoms with Crippen LogP contribution in [-0.2, 0) is 27.1 Å². The zero-order valence-electron chi connectivity index (χ0n) is 38.6. The normalized spacial score (nSPS) is 14.0. The number of aromatic hydroxyl groups is 1. The molecule has 312 valence electrons.